The fourth-order valence-electron chi connectivity index (χ4n) is 4.62. The molecule has 0 spiro atoms. The fraction of sp³-hybridized carbons (Fsp3) is 0.588. The lowest BCUT2D eigenvalue weighted by molar-refractivity contribution is -0.186. The minimum absolute atomic E-state index is 0.199. The van der Waals surface area contributed by atoms with E-state index >= 15 is 0 Å². The van der Waals surface area contributed by atoms with Crippen molar-refractivity contribution >= 4 is 15.7 Å². The number of nitrogens with zero attached hydrogens (tertiary/aromatic N) is 1. The lowest BCUT2D eigenvalue weighted by Gasteiger charge is -2.35. The Bertz CT molecular complexity index is 783. The highest BCUT2D eigenvalue weighted by atomic mass is 32.2. The van der Waals surface area contributed by atoms with Crippen LogP contribution in [0.5, 0.6) is 0 Å². The number of benzene rings is 1. The Morgan fingerprint density at radius 3 is 2.42 bits per heavy atom. The van der Waals surface area contributed by atoms with Crippen molar-refractivity contribution in [1.29, 1.82) is 0 Å². The van der Waals surface area contributed by atoms with Crippen LogP contribution in [0.4, 0.5) is 0 Å². The molecular weight excluding hydrogens is 328 g/mol. The first-order valence-corrected chi connectivity index (χ1v) is 9.68. The smallest absolute Gasteiger partial charge is 0.276 e. The van der Waals surface area contributed by atoms with Crippen molar-refractivity contribution in [1.82, 2.24) is 4.83 Å². The van der Waals surface area contributed by atoms with E-state index in [1.165, 1.54) is 0 Å². The minimum atomic E-state index is -3.70. The Morgan fingerprint density at radius 2 is 1.79 bits per heavy atom. The Kier molecular flexibility index (Phi) is 3.53. The van der Waals surface area contributed by atoms with Crippen LogP contribution in [0.15, 0.2) is 34.3 Å². The highest BCUT2D eigenvalue weighted by Crippen LogP contribution is 2.68. The van der Waals surface area contributed by atoms with Crippen molar-refractivity contribution < 1.29 is 17.9 Å². The van der Waals surface area contributed by atoms with E-state index < -0.39 is 15.8 Å². The molecule has 3 aliphatic carbocycles. The van der Waals surface area contributed by atoms with Crippen molar-refractivity contribution in [2.75, 3.05) is 14.2 Å². The molecule has 0 aromatic heterocycles. The van der Waals surface area contributed by atoms with Gasteiger partial charge in [0.25, 0.3) is 10.0 Å². The van der Waals surface area contributed by atoms with Crippen LogP contribution < -0.4 is 4.83 Å². The summed E-state index contributed by atoms with van der Waals surface area (Å²) in [7, 11) is -0.495. The van der Waals surface area contributed by atoms with Gasteiger partial charge >= 0.3 is 0 Å². The highest BCUT2D eigenvalue weighted by Gasteiger charge is 2.71. The molecule has 0 amide bonds. The SMILES string of the molecule is COC1(OC)C(=NNS(=O)(=O)c2ccc(C)cc2)C2CC1C1CC21. The molecule has 6 nitrogen and oxygen atoms in total. The van der Waals surface area contributed by atoms with Gasteiger partial charge in [-0.05, 0) is 43.7 Å². The number of fused-ring (bicyclic) bond motifs is 5. The van der Waals surface area contributed by atoms with E-state index in [4.69, 9.17) is 9.47 Å². The Morgan fingerprint density at radius 1 is 1.12 bits per heavy atom. The van der Waals surface area contributed by atoms with Crippen molar-refractivity contribution in [3.63, 3.8) is 0 Å². The van der Waals surface area contributed by atoms with Crippen LogP contribution in [-0.4, -0.2) is 34.1 Å². The Labute approximate surface area is 142 Å². The van der Waals surface area contributed by atoms with Crippen LogP contribution in [0.3, 0.4) is 0 Å². The van der Waals surface area contributed by atoms with Gasteiger partial charge in [-0.3, -0.25) is 0 Å². The van der Waals surface area contributed by atoms with Crippen LogP contribution in [0, 0.1) is 30.6 Å². The molecule has 3 saturated carbocycles. The summed E-state index contributed by atoms with van der Waals surface area (Å²) < 4.78 is 36.4. The quantitative estimate of drug-likeness (QED) is 0.650. The monoisotopic (exact) mass is 350 g/mol. The first kappa shape index (κ1) is 16.1. The number of methoxy groups -OCH3 is 2. The zero-order chi connectivity index (χ0) is 17.1. The fourth-order valence-corrected chi connectivity index (χ4v) is 5.44. The molecule has 0 saturated heterocycles. The normalized spacial score (nSPS) is 34.4. The average Bonchev–Trinajstić information content (AvgIpc) is 3.21. The summed E-state index contributed by atoms with van der Waals surface area (Å²) >= 11 is 0. The number of rotatable bonds is 5. The predicted octanol–water partition coefficient (Wildman–Crippen LogP) is 1.90. The van der Waals surface area contributed by atoms with Crippen molar-refractivity contribution in [2.45, 2.75) is 30.4 Å². The zero-order valence-corrected chi connectivity index (χ0v) is 14.8. The maximum absolute atomic E-state index is 12.5. The molecule has 1 aromatic rings. The van der Waals surface area contributed by atoms with Gasteiger partial charge in [0.05, 0.1) is 4.90 Å². The van der Waals surface area contributed by atoms with Gasteiger partial charge in [-0.1, -0.05) is 17.7 Å². The second-order valence-electron chi connectivity index (χ2n) is 6.99. The van der Waals surface area contributed by atoms with Gasteiger partial charge in [-0.15, -0.1) is 0 Å². The van der Waals surface area contributed by atoms with Gasteiger partial charge in [0.2, 0.25) is 5.79 Å². The van der Waals surface area contributed by atoms with Crippen LogP contribution in [0.1, 0.15) is 18.4 Å². The molecule has 0 aliphatic heterocycles. The molecular formula is C17H22N2O4S. The van der Waals surface area contributed by atoms with Gasteiger partial charge in [-0.25, -0.2) is 0 Å². The summed E-state index contributed by atoms with van der Waals surface area (Å²) in [5.41, 5.74) is 1.69. The third kappa shape index (κ3) is 2.14. The number of hydrogen-bond acceptors (Lipinski definition) is 5. The second kappa shape index (κ2) is 5.28. The van der Waals surface area contributed by atoms with Gasteiger partial charge in [0, 0.05) is 26.1 Å². The van der Waals surface area contributed by atoms with E-state index in [2.05, 4.69) is 9.93 Å². The number of sulfonamides is 1. The van der Waals surface area contributed by atoms with Crippen LogP contribution in [0.25, 0.3) is 0 Å². The number of ether oxygens (including phenoxy) is 2. The van der Waals surface area contributed by atoms with E-state index in [0.717, 1.165) is 18.4 Å². The average molecular weight is 350 g/mol. The molecule has 3 fully saturated rings. The first-order valence-electron chi connectivity index (χ1n) is 8.20. The molecule has 4 unspecified atom stereocenters. The summed E-state index contributed by atoms with van der Waals surface area (Å²) in [5, 5.41) is 4.28. The second-order valence-corrected chi connectivity index (χ2v) is 8.65. The molecule has 4 rings (SSSR count). The molecule has 2 bridgehead atoms. The first-order chi connectivity index (χ1) is 11.4. The molecule has 7 heteroatoms. The van der Waals surface area contributed by atoms with Gasteiger partial charge in [0.15, 0.2) is 0 Å². The molecule has 0 heterocycles. The number of nitrogens with one attached hydrogen (secondary N) is 1. The maximum Gasteiger partial charge on any atom is 0.276 e. The molecule has 130 valence electrons. The standard InChI is InChI=1S/C17H22N2O4S/c1-10-4-6-11(7-5-10)24(20,21)19-18-16-14-9-15(13-8-12(13)14)17(16,22-2)23-3/h4-7,12-15,19H,8-9H2,1-3H3. The van der Waals surface area contributed by atoms with Gasteiger partial charge in [-0.2, -0.15) is 18.4 Å². The van der Waals surface area contributed by atoms with E-state index in [0.29, 0.717) is 17.5 Å². The van der Waals surface area contributed by atoms with Crippen LogP contribution in [0.2, 0.25) is 0 Å². The molecule has 4 atom stereocenters. The summed E-state index contributed by atoms with van der Waals surface area (Å²) in [6.45, 7) is 1.91. The van der Waals surface area contributed by atoms with Crippen LogP contribution >= 0.6 is 0 Å². The number of aryl methyl sites for hydroxylation is 1. The Hall–Kier alpha value is -1.44. The summed E-state index contributed by atoms with van der Waals surface area (Å²) in [4.78, 5) is 2.58. The number of hydrazone groups is 1. The summed E-state index contributed by atoms with van der Waals surface area (Å²) in [5.74, 6) is 0.863. The lowest BCUT2D eigenvalue weighted by Crippen LogP contribution is -2.49. The lowest BCUT2D eigenvalue weighted by atomic mass is 9.92. The van der Waals surface area contributed by atoms with Crippen LogP contribution in [-0.2, 0) is 19.5 Å². The highest BCUT2D eigenvalue weighted by molar-refractivity contribution is 7.89. The third-order valence-electron chi connectivity index (χ3n) is 5.85. The molecule has 3 aliphatic rings. The van der Waals surface area contributed by atoms with Crippen molar-refractivity contribution in [3.8, 4) is 0 Å². The molecule has 0 radical (unpaired) electrons. The van der Waals surface area contributed by atoms with Gasteiger partial charge < -0.3 is 9.47 Å². The number of hydrogen-bond donors (Lipinski definition) is 1. The van der Waals surface area contributed by atoms with Crippen molar-refractivity contribution in [2.24, 2.45) is 28.8 Å². The minimum Gasteiger partial charge on any atom is -0.348 e. The maximum atomic E-state index is 12.5. The van der Waals surface area contributed by atoms with E-state index in [1.807, 2.05) is 6.92 Å². The van der Waals surface area contributed by atoms with Gasteiger partial charge in [0.1, 0.15) is 5.71 Å². The third-order valence-corrected chi connectivity index (χ3v) is 7.08. The largest absolute Gasteiger partial charge is 0.348 e. The predicted molar refractivity (Wildman–Crippen MR) is 88.9 cm³/mol. The summed E-state index contributed by atoms with van der Waals surface area (Å²) in [6, 6.07) is 6.69. The summed E-state index contributed by atoms with van der Waals surface area (Å²) in [6.07, 6.45) is 2.12. The van der Waals surface area contributed by atoms with E-state index in [-0.39, 0.29) is 16.7 Å². The van der Waals surface area contributed by atoms with Crippen molar-refractivity contribution in [3.05, 3.63) is 29.8 Å². The zero-order valence-electron chi connectivity index (χ0n) is 14.0. The van der Waals surface area contributed by atoms with E-state index in [9.17, 15) is 8.42 Å². The topological polar surface area (TPSA) is 77.0 Å². The molecule has 1 aromatic carbocycles. The molecule has 1 N–H and O–H groups in total. The molecule has 24 heavy (non-hydrogen) atoms. The van der Waals surface area contributed by atoms with E-state index in [1.54, 1.807) is 38.5 Å². The Balaban J connectivity index is 1.64.